The lowest BCUT2D eigenvalue weighted by Gasteiger charge is -2.34. The maximum absolute atomic E-state index is 13.2. The van der Waals surface area contributed by atoms with E-state index in [1.54, 1.807) is 9.80 Å². The number of hydrogen-bond donors (Lipinski definition) is 0. The highest BCUT2D eigenvalue weighted by atomic mass is 35.5. The largest absolute Gasteiger partial charge is 0.449 e. The lowest BCUT2D eigenvalue weighted by Crippen LogP contribution is -2.50. The summed E-state index contributed by atoms with van der Waals surface area (Å²) in [5.74, 6) is 0.417. The van der Waals surface area contributed by atoms with Crippen LogP contribution in [0.2, 0.25) is 5.02 Å². The molecule has 2 aliphatic rings. The van der Waals surface area contributed by atoms with Gasteiger partial charge in [0, 0.05) is 54.7 Å². The number of nitrogens with zero attached hydrogens (tertiary/aromatic N) is 4. The molecule has 2 aromatic heterocycles. The van der Waals surface area contributed by atoms with E-state index in [1.165, 1.54) is 0 Å². The Hall–Kier alpha value is -3.19. The van der Waals surface area contributed by atoms with Crippen molar-refractivity contribution in [2.24, 2.45) is 5.92 Å². The van der Waals surface area contributed by atoms with Crippen LogP contribution in [0.4, 0.5) is 4.79 Å². The SMILES string of the molecule is CCCOC(=O)N1CCN(C(=O)c2ccc3c(Cl)c4c(nc3c2)CC(Cc2ccccn2)CC4)CC1. The van der Waals surface area contributed by atoms with Gasteiger partial charge in [-0.3, -0.25) is 14.8 Å². The van der Waals surface area contributed by atoms with E-state index in [1.807, 2.05) is 43.5 Å². The van der Waals surface area contributed by atoms with Crippen LogP contribution in [0.3, 0.4) is 0 Å². The second kappa shape index (κ2) is 10.8. The molecule has 1 aliphatic heterocycles. The molecule has 0 N–H and O–H groups in total. The van der Waals surface area contributed by atoms with Crippen LogP contribution in [0.25, 0.3) is 10.9 Å². The summed E-state index contributed by atoms with van der Waals surface area (Å²) in [7, 11) is 0. The van der Waals surface area contributed by atoms with Crippen molar-refractivity contribution in [2.75, 3.05) is 32.8 Å². The second-order valence-electron chi connectivity index (χ2n) is 9.61. The maximum Gasteiger partial charge on any atom is 0.409 e. The lowest BCUT2D eigenvalue weighted by atomic mass is 9.83. The molecule has 5 rings (SSSR count). The molecule has 36 heavy (non-hydrogen) atoms. The molecule has 3 heterocycles. The van der Waals surface area contributed by atoms with E-state index < -0.39 is 0 Å². The highest BCUT2D eigenvalue weighted by molar-refractivity contribution is 6.36. The standard InChI is InChI=1S/C28H31ClN4O3/c1-2-15-36-28(35)33-13-11-32(12-14-33)27(34)20-7-9-23-25(18-20)31-24-17-19(6-8-22(24)26(23)29)16-21-5-3-4-10-30-21/h3-5,7,9-10,18-19H,2,6,8,11-17H2,1H3. The quantitative estimate of drug-likeness (QED) is 0.490. The van der Waals surface area contributed by atoms with Gasteiger partial charge in [0.2, 0.25) is 0 Å². The van der Waals surface area contributed by atoms with Gasteiger partial charge in [-0.2, -0.15) is 0 Å². The number of hydrogen-bond acceptors (Lipinski definition) is 5. The number of rotatable bonds is 5. The third-order valence-electron chi connectivity index (χ3n) is 7.11. The van der Waals surface area contributed by atoms with Crippen molar-refractivity contribution in [2.45, 2.75) is 39.0 Å². The summed E-state index contributed by atoms with van der Waals surface area (Å²) < 4.78 is 5.22. The molecule has 0 radical (unpaired) electrons. The van der Waals surface area contributed by atoms with Crippen LogP contribution in [0.1, 0.15) is 47.1 Å². The van der Waals surface area contributed by atoms with Crippen LogP contribution in [-0.2, 0) is 24.0 Å². The zero-order chi connectivity index (χ0) is 25.1. The fraction of sp³-hybridized carbons (Fsp3) is 0.429. The van der Waals surface area contributed by atoms with E-state index in [4.69, 9.17) is 21.3 Å². The van der Waals surface area contributed by atoms with Gasteiger partial charge >= 0.3 is 6.09 Å². The van der Waals surface area contributed by atoms with Gasteiger partial charge in [0.15, 0.2) is 0 Å². The van der Waals surface area contributed by atoms with Crippen molar-refractivity contribution < 1.29 is 14.3 Å². The van der Waals surface area contributed by atoms with Gasteiger partial charge in [-0.05, 0) is 67.9 Å². The molecule has 0 bridgehead atoms. The molecule has 2 amide bonds. The van der Waals surface area contributed by atoms with Gasteiger partial charge in [-0.25, -0.2) is 4.79 Å². The van der Waals surface area contributed by atoms with E-state index in [-0.39, 0.29) is 12.0 Å². The number of ether oxygens (including phenoxy) is 1. The number of halogens is 1. The van der Waals surface area contributed by atoms with Crippen LogP contribution < -0.4 is 0 Å². The van der Waals surface area contributed by atoms with Crippen molar-refractivity contribution in [1.82, 2.24) is 19.8 Å². The van der Waals surface area contributed by atoms with E-state index in [0.717, 1.165) is 65.0 Å². The van der Waals surface area contributed by atoms with Crippen LogP contribution in [0, 0.1) is 5.92 Å². The lowest BCUT2D eigenvalue weighted by molar-refractivity contribution is 0.0560. The topological polar surface area (TPSA) is 75.6 Å². The average molecular weight is 507 g/mol. The predicted octanol–water partition coefficient (Wildman–Crippen LogP) is 4.94. The molecule has 7 nitrogen and oxygen atoms in total. The van der Waals surface area contributed by atoms with Gasteiger partial charge in [-0.1, -0.05) is 30.7 Å². The molecule has 3 aromatic rings. The zero-order valence-corrected chi connectivity index (χ0v) is 21.3. The van der Waals surface area contributed by atoms with Crippen molar-refractivity contribution >= 4 is 34.5 Å². The first-order valence-electron chi connectivity index (χ1n) is 12.8. The van der Waals surface area contributed by atoms with Crippen molar-refractivity contribution in [3.63, 3.8) is 0 Å². The van der Waals surface area contributed by atoms with Crippen molar-refractivity contribution in [3.8, 4) is 0 Å². The van der Waals surface area contributed by atoms with Crippen molar-refractivity contribution in [1.29, 1.82) is 0 Å². The number of aromatic nitrogens is 2. The Kier molecular flexibility index (Phi) is 7.37. The minimum Gasteiger partial charge on any atom is -0.449 e. The predicted molar refractivity (Wildman–Crippen MR) is 139 cm³/mol. The Balaban J connectivity index is 1.30. The van der Waals surface area contributed by atoms with Crippen LogP contribution in [0.5, 0.6) is 0 Å². The first-order valence-corrected chi connectivity index (χ1v) is 13.1. The van der Waals surface area contributed by atoms with Crippen LogP contribution in [0.15, 0.2) is 42.6 Å². The van der Waals surface area contributed by atoms with E-state index in [2.05, 4.69) is 11.1 Å². The summed E-state index contributed by atoms with van der Waals surface area (Å²) in [6.45, 7) is 4.27. The summed E-state index contributed by atoms with van der Waals surface area (Å²) in [5, 5.41) is 1.64. The normalized spacial score (nSPS) is 17.7. The van der Waals surface area contributed by atoms with Gasteiger partial charge < -0.3 is 14.5 Å². The number of piperazine rings is 1. The van der Waals surface area contributed by atoms with Crippen LogP contribution >= 0.6 is 11.6 Å². The molecule has 188 valence electrons. The Bertz CT molecular complexity index is 1260. The highest BCUT2D eigenvalue weighted by Crippen LogP contribution is 2.35. The molecular weight excluding hydrogens is 476 g/mol. The number of carbonyl (C=O) groups excluding carboxylic acids is 2. The average Bonchev–Trinajstić information content (AvgIpc) is 2.91. The Morgan fingerprint density at radius 2 is 1.92 bits per heavy atom. The van der Waals surface area contributed by atoms with Crippen LogP contribution in [-0.4, -0.2) is 64.6 Å². The molecule has 0 saturated carbocycles. The monoisotopic (exact) mass is 506 g/mol. The number of fused-ring (bicyclic) bond motifs is 2. The molecule has 1 aliphatic carbocycles. The van der Waals surface area contributed by atoms with E-state index in [0.29, 0.717) is 44.3 Å². The number of pyridine rings is 2. The minimum atomic E-state index is -0.306. The van der Waals surface area contributed by atoms with E-state index >= 15 is 0 Å². The molecule has 1 unspecified atom stereocenters. The Morgan fingerprint density at radius 1 is 1.11 bits per heavy atom. The Morgan fingerprint density at radius 3 is 2.67 bits per heavy atom. The van der Waals surface area contributed by atoms with Crippen molar-refractivity contribution in [3.05, 3.63) is 70.1 Å². The third kappa shape index (κ3) is 5.16. The van der Waals surface area contributed by atoms with Gasteiger partial charge in [0.1, 0.15) is 0 Å². The maximum atomic E-state index is 13.2. The summed E-state index contributed by atoms with van der Waals surface area (Å²) in [6.07, 6.45) is 6.07. The molecular formula is C28H31ClN4O3. The summed E-state index contributed by atoms with van der Waals surface area (Å²) >= 11 is 6.83. The highest BCUT2D eigenvalue weighted by Gasteiger charge is 2.27. The molecule has 0 spiro atoms. The molecule has 1 aromatic carbocycles. The van der Waals surface area contributed by atoms with Gasteiger partial charge in [-0.15, -0.1) is 0 Å². The Labute approximate surface area is 216 Å². The molecule has 8 heteroatoms. The van der Waals surface area contributed by atoms with E-state index in [9.17, 15) is 9.59 Å². The third-order valence-corrected chi connectivity index (χ3v) is 7.54. The zero-order valence-electron chi connectivity index (χ0n) is 20.6. The summed E-state index contributed by atoms with van der Waals surface area (Å²) in [4.78, 5) is 38.2. The first kappa shape index (κ1) is 24.5. The summed E-state index contributed by atoms with van der Waals surface area (Å²) in [6, 6.07) is 11.6. The second-order valence-corrected chi connectivity index (χ2v) is 9.99. The number of benzene rings is 1. The molecule has 1 fully saturated rings. The minimum absolute atomic E-state index is 0.0536. The number of amides is 2. The fourth-order valence-electron chi connectivity index (χ4n) is 5.14. The summed E-state index contributed by atoms with van der Waals surface area (Å²) in [5.41, 5.74) is 4.61. The number of carbonyl (C=O) groups is 2. The molecule has 1 saturated heterocycles. The first-order chi connectivity index (χ1) is 17.5. The van der Waals surface area contributed by atoms with Gasteiger partial charge in [0.25, 0.3) is 5.91 Å². The smallest absolute Gasteiger partial charge is 0.409 e. The van der Waals surface area contributed by atoms with Gasteiger partial charge in [0.05, 0.1) is 17.1 Å². The fourth-order valence-corrected chi connectivity index (χ4v) is 5.50. The molecule has 1 atom stereocenters.